The van der Waals surface area contributed by atoms with Gasteiger partial charge in [-0.3, -0.25) is 9.48 Å². The van der Waals surface area contributed by atoms with Crippen molar-refractivity contribution >= 4 is 5.91 Å². The third-order valence-corrected chi connectivity index (χ3v) is 6.09. The van der Waals surface area contributed by atoms with Crippen molar-refractivity contribution in [3.8, 4) is 11.4 Å². The lowest BCUT2D eigenvalue weighted by molar-refractivity contribution is -0.138. The first-order chi connectivity index (χ1) is 16.8. The van der Waals surface area contributed by atoms with Crippen molar-refractivity contribution in [3.05, 3.63) is 53.6 Å². The number of hydrogen-bond donors (Lipinski definition) is 0. The van der Waals surface area contributed by atoms with Crippen molar-refractivity contribution in [2.45, 2.75) is 51.3 Å². The molecule has 1 aliphatic heterocycles. The molecule has 36 heavy (non-hydrogen) atoms. The lowest BCUT2D eigenvalue weighted by Gasteiger charge is -2.43. The van der Waals surface area contributed by atoms with Gasteiger partial charge in [0.25, 0.3) is 11.8 Å². The number of carbonyl (C=O) groups excluding carboxylic acids is 1. The normalized spacial score (nSPS) is 19.9. The number of hydrogen-bond acceptors (Lipinski definition) is 6. The van der Waals surface area contributed by atoms with Gasteiger partial charge < -0.3 is 4.90 Å². The Bertz CT molecular complexity index is 1230. The first-order valence-corrected chi connectivity index (χ1v) is 11.2. The van der Waals surface area contributed by atoms with Gasteiger partial charge in [-0.15, -0.1) is 0 Å². The molecule has 1 amide bonds. The highest BCUT2D eigenvalue weighted by Crippen LogP contribution is 2.37. The molecule has 13 heteroatoms. The number of halogens is 5. The van der Waals surface area contributed by atoms with Gasteiger partial charge >= 0.3 is 6.18 Å². The quantitative estimate of drug-likeness (QED) is 0.481. The van der Waals surface area contributed by atoms with E-state index in [1.807, 2.05) is 0 Å². The monoisotopic (exact) mass is 509 g/mol. The summed E-state index contributed by atoms with van der Waals surface area (Å²) in [6, 6.07) is -0.628. The van der Waals surface area contributed by atoms with Gasteiger partial charge in [0.15, 0.2) is 11.5 Å². The Kier molecular flexibility index (Phi) is 6.76. The average molecular weight is 509 g/mol. The summed E-state index contributed by atoms with van der Waals surface area (Å²) in [5, 5.41) is 4.21. The molecule has 1 fully saturated rings. The van der Waals surface area contributed by atoms with Crippen LogP contribution in [0.25, 0.3) is 11.4 Å². The number of nitrogens with zero attached hydrogens (tertiary/aromatic N) is 7. The fourth-order valence-corrected chi connectivity index (χ4v) is 4.39. The van der Waals surface area contributed by atoms with E-state index in [1.165, 1.54) is 4.68 Å². The number of aryl methyl sites for hydroxylation is 3. The minimum absolute atomic E-state index is 0.0537. The molecule has 0 N–H and O–H groups in total. The van der Waals surface area contributed by atoms with E-state index in [9.17, 15) is 26.7 Å². The molecule has 4 heterocycles. The van der Waals surface area contributed by atoms with Crippen molar-refractivity contribution in [2.75, 3.05) is 6.54 Å². The highest BCUT2D eigenvalue weighted by Gasteiger charge is 2.46. The molecule has 8 nitrogen and oxygen atoms in total. The second kappa shape index (κ2) is 9.51. The number of aromatic nitrogens is 6. The summed E-state index contributed by atoms with van der Waals surface area (Å²) in [4.78, 5) is 30.7. The van der Waals surface area contributed by atoms with Crippen LogP contribution in [0.3, 0.4) is 0 Å². The van der Waals surface area contributed by atoms with Gasteiger partial charge in [0.05, 0.1) is 17.7 Å². The summed E-state index contributed by atoms with van der Waals surface area (Å²) >= 11 is 0. The van der Waals surface area contributed by atoms with Crippen molar-refractivity contribution in [2.24, 2.45) is 13.0 Å². The molecule has 0 saturated carbocycles. The molecule has 4 rings (SSSR count). The second-order valence-corrected chi connectivity index (χ2v) is 9.11. The molecule has 1 saturated heterocycles. The largest absolute Gasteiger partial charge is 0.419 e. The number of piperidine rings is 1. The molecule has 0 spiro atoms. The van der Waals surface area contributed by atoms with Crippen LogP contribution in [0.15, 0.2) is 31.0 Å². The Morgan fingerprint density at radius 2 is 1.75 bits per heavy atom. The van der Waals surface area contributed by atoms with Gasteiger partial charge in [-0.25, -0.2) is 28.7 Å². The zero-order valence-corrected chi connectivity index (χ0v) is 19.8. The third kappa shape index (κ3) is 5.49. The first kappa shape index (κ1) is 25.6. The van der Waals surface area contributed by atoms with Crippen molar-refractivity contribution in [3.63, 3.8) is 0 Å². The van der Waals surface area contributed by atoms with Crippen LogP contribution in [-0.2, 0) is 19.6 Å². The molecule has 0 unspecified atom stereocenters. The van der Waals surface area contributed by atoms with E-state index < -0.39 is 48.5 Å². The fourth-order valence-electron chi connectivity index (χ4n) is 4.39. The Balaban J connectivity index is 1.60. The van der Waals surface area contributed by atoms with Gasteiger partial charge in [0.2, 0.25) is 0 Å². The Morgan fingerprint density at radius 1 is 1.11 bits per heavy atom. The molecule has 1 aliphatic rings. The molecule has 2 atom stereocenters. The van der Waals surface area contributed by atoms with Crippen molar-refractivity contribution in [1.29, 1.82) is 0 Å². The molecular weight excluding hydrogens is 485 g/mol. The fraction of sp³-hybridized carbons (Fsp3) is 0.478. The van der Waals surface area contributed by atoms with Crippen molar-refractivity contribution < 1.29 is 26.7 Å². The van der Waals surface area contributed by atoms with Crippen LogP contribution in [0.1, 0.15) is 47.2 Å². The summed E-state index contributed by atoms with van der Waals surface area (Å²) in [6.07, 6.45) is 1.39. The van der Waals surface area contributed by atoms with Gasteiger partial charge in [0.1, 0.15) is 5.82 Å². The Morgan fingerprint density at radius 3 is 2.36 bits per heavy atom. The van der Waals surface area contributed by atoms with Crippen LogP contribution in [0.4, 0.5) is 22.0 Å². The van der Waals surface area contributed by atoms with E-state index >= 15 is 0 Å². The van der Waals surface area contributed by atoms with E-state index in [1.54, 1.807) is 39.5 Å². The lowest BCUT2D eigenvalue weighted by atomic mass is 9.85. The molecule has 0 aliphatic carbocycles. The Hall–Kier alpha value is -3.51. The van der Waals surface area contributed by atoms with Crippen LogP contribution < -0.4 is 0 Å². The minimum Gasteiger partial charge on any atom is -0.328 e. The number of alkyl halides is 5. The van der Waals surface area contributed by atoms with Gasteiger partial charge in [-0.05, 0) is 24.8 Å². The predicted molar refractivity (Wildman–Crippen MR) is 118 cm³/mol. The highest BCUT2D eigenvalue weighted by atomic mass is 19.4. The van der Waals surface area contributed by atoms with E-state index in [-0.39, 0.29) is 30.2 Å². The molecular formula is C23H24F5N7O. The van der Waals surface area contributed by atoms with Crippen LogP contribution >= 0.6 is 0 Å². The van der Waals surface area contributed by atoms with Crippen molar-refractivity contribution in [1.82, 2.24) is 34.6 Å². The van der Waals surface area contributed by atoms with Gasteiger partial charge in [-0.1, -0.05) is 6.92 Å². The Labute approximate surface area is 203 Å². The van der Waals surface area contributed by atoms with Crippen LogP contribution in [0.5, 0.6) is 0 Å². The molecule has 0 bridgehead atoms. The van der Waals surface area contributed by atoms with Gasteiger partial charge in [-0.2, -0.15) is 18.3 Å². The molecule has 3 aromatic heterocycles. The van der Waals surface area contributed by atoms with E-state index in [4.69, 9.17) is 0 Å². The summed E-state index contributed by atoms with van der Waals surface area (Å²) in [5.41, 5.74) is 0.0937. The van der Waals surface area contributed by atoms with E-state index in [2.05, 4.69) is 25.0 Å². The molecule has 0 radical (unpaired) electrons. The standard InChI is InChI=1S/C23H24F5N7O/c1-13-7-31-20(32-8-13)16-11-34(3)33-19(16)21(36)35-12-22(24,25)6-14(2)17(35)4-5-18-29-9-15(10-30-18)23(26,27)28/h7-11,14,17H,4-6,12H2,1-3H3/t14-,17-/m1/s1. The topological polar surface area (TPSA) is 89.7 Å². The highest BCUT2D eigenvalue weighted by molar-refractivity contribution is 5.98. The number of amides is 1. The number of rotatable bonds is 5. The third-order valence-electron chi connectivity index (χ3n) is 6.09. The smallest absolute Gasteiger partial charge is 0.328 e. The summed E-state index contributed by atoms with van der Waals surface area (Å²) in [7, 11) is 1.60. The lowest BCUT2D eigenvalue weighted by Crippen LogP contribution is -2.55. The average Bonchev–Trinajstić information content (AvgIpc) is 3.19. The number of carbonyl (C=O) groups is 1. The van der Waals surface area contributed by atoms with E-state index in [0.717, 1.165) is 10.5 Å². The number of likely N-dealkylation sites (tertiary alicyclic amines) is 1. The predicted octanol–water partition coefficient (Wildman–Crippen LogP) is 4.11. The molecule has 192 valence electrons. The maximum absolute atomic E-state index is 14.6. The summed E-state index contributed by atoms with van der Waals surface area (Å²) in [6.45, 7) is 2.62. The summed E-state index contributed by atoms with van der Waals surface area (Å²) < 4.78 is 68.9. The van der Waals surface area contributed by atoms with Crippen LogP contribution in [-0.4, -0.2) is 59.0 Å². The minimum atomic E-state index is -4.56. The molecule has 3 aromatic rings. The first-order valence-electron chi connectivity index (χ1n) is 11.2. The maximum Gasteiger partial charge on any atom is 0.419 e. The molecule has 0 aromatic carbocycles. The maximum atomic E-state index is 14.6. The van der Waals surface area contributed by atoms with Gasteiger partial charge in [0, 0.05) is 56.9 Å². The summed E-state index contributed by atoms with van der Waals surface area (Å²) in [5.74, 6) is -4.02. The van der Waals surface area contributed by atoms with Crippen LogP contribution in [0.2, 0.25) is 0 Å². The zero-order chi connectivity index (χ0) is 26.3. The van der Waals surface area contributed by atoms with Crippen LogP contribution in [0, 0.1) is 12.8 Å². The second-order valence-electron chi connectivity index (χ2n) is 9.11. The van der Waals surface area contributed by atoms with E-state index in [0.29, 0.717) is 18.0 Å². The zero-order valence-electron chi connectivity index (χ0n) is 19.8. The SMILES string of the molecule is Cc1cnc(-c2cn(C)nc2C(=O)N2CC(F)(F)C[C@@H](C)[C@H]2CCc2ncc(C(F)(F)F)cn2)nc1.